The molecule has 0 saturated carbocycles. The van der Waals surface area contributed by atoms with Crippen LogP contribution in [0.4, 0.5) is 0 Å². The molecule has 2 rings (SSSR count). The Morgan fingerprint density at radius 2 is 1.88 bits per heavy atom. The molecular formula is C12H11N3O. The third-order valence-corrected chi connectivity index (χ3v) is 2.27. The van der Waals surface area contributed by atoms with Crippen LogP contribution in [0.1, 0.15) is 10.4 Å². The quantitative estimate of drug-likeness (QED) is 0.822. The molecule has 0 aliphatic heterocycles. The SMILES string of the molecule is CNC(=O)c1ccccc1-c1cncnc1. The van der Waals surface area contributed by atoms with Crippen LogP contribution in [0.15, 0.2) is 43.0 Å². The van der Waals surface area contributed by atoms with E-state index < -0.39 is 0 Å². The lowest BCUT2D eigenvalue weighted by Crippen LogP contribution is -2.18. The number of aromatic nitrogens is 2. The molecule has 4 nitrogen and oxygen atoms in total. The van der Waals surface area contributed by atoms with Gasteiger partial charge in [-0.15, -0.1) is 0 Å². The summed E-state index contributed by atoms with van der Waals surface area (Å²) in [5.41, 5.74) is 2.30. The Balaban J connectivity index is 2.53. The molecule has 0 spiro atoms. The molecule has 1 heterocycles. The first kappa shape index (κ1) is 10.3. The largest absolute Gasteiger partial charge is 0.355 e. The van der Waals surface area contributed by atoms with E-state index in [1.54, 1.807) is 25.5 Å². The van der Waals surface area contributed by atoms with Crippen LogP contribution in [0.25, 0.3) is 11.1 Å². The van der Waals surface area contributed by atoms with Gasteiger partial charge in [0.25, 0.3) is 5.91 Å². The van der Waals surface area contributed by atoms with Crippen molar-refractivity contribution in [1.29, 1.82) is 0 Å². The monoisotopic (exact) mass is 213 g/mol. The molecule has 16 heavy (non-hydrogen) atoms. The first-order valence-electron chi connectivity index (χ1n) is 4.89. The van der Waals surface area contributed by atoms with Crippen LogP contribution in [0.3, 0.4) is 0 Å². The molecule has 4 heteroatoms. The van der Waals surface area contributed by atoms with Gasteiger partial charge >= 0.3 is 0 Å². The third kappa shape index (κ3) is 1.91. The van der Waals surface area contributed by atoms with Crippen molar-refractivity contribution in [2.24, 2.45) is 0 Å². The fourth-order valence-electron chi connectivity index (χ4n) is 1.51. The maximum atomic E-state index is 11.7. The highest BCUT2D eigenvalue weighted by Gasteiger charge is 2.10. The lowest BCUT2D eigenvalue weighted by Gasteiger charge is -2.07. The fourth-order valence-corrected chi connectivity index (χ4v) is 1.51. The lowest BCUT2D eigenvalue weighted by atomic mass is 10.0. The van der Waals surface area contributed by atoms with E-state index in [0.29, 0.717) is 5.56 Å². The van der Waals surface area contributed by atoms with Crippen molar-refractivity contribution in [3.8, 4) is 11.1 Å². The first-order chi connectivity index (χ1) is 7.83. The Morgan fingerprint density at radius 1 is 1.19 bits per heavy atom. The highest BCUT2D eigenvalue weighted by atomic mass is 16.1. The average Bonchev–Trinajstić information content (AvgIpc) is 2.39. The number of benzene rings is 1. The highest BCUT2D eigenvalue weighted by molar-refractivity contribution is 6.00. The summed E-state index contributed by atoms with van der Waals surface area (Å²) in [5.74, 6) is -0.112. The van der Waals surface area contributed by atoms with Crippen molar-refractivity contribution in [2.75, 3.05) is 7.05 Å². The van der Waals surface area contributed by atoms with Crippen molar-refractivity contribution in [3.05, 3.63) is 48.5 Å². The van der Waals surface area contributed by atoms with Gasteiger partial charge in [0.05, 0.1) is 0 Å². The van der Waals surface area contributed by atoms with Gasteiger partial charge in [0, 0.05) is 30.6 Å². The molecule has 0 atom stereocenters. The zero-order valence-corrected chi connectivity index (χ0v) is 8.84. The molecular weight excluding hydrogens is 202 g/mol. The second-order valence-corrected chi connectivity index (χ2v) is 3.25. The molecule has 0 fully saturated rings. The molecule has 1 N–H and O–H groups in total. The van der Waals surface area contributed by atoms with E-state index in [1.165, 1.54) is 6.33 Å². The highest BCUT2D eigenvalue weighted by Crippen LogP contribution is 2.21. The van der Waals surface area contributed by atoms with Crippen molar-refractivity contribution in [2.45, 2.75) is 0 Å². The Hall–Kier alpha value is -2.23. The van der Waals surface area contributed by atoms with Gasteiger partial charge in [0.15, 0.2) is 0 Å². The van der Waals surface area contributed by atoms with E-state index in [0.717, 1.165) is 11.1 Å². The van der Waals surface area contributed by atoms with Gasteiger partial charge in [-0.25, -0.2) is 9.97 Å². The number of rotatable bonds is 2. The molecule has 0 saturated heterocycles. The number of hydrogen-bond acceptors (Lipinski definition) is 3. The predicted octanol–water partition coefficient (Wildman–Crippen LogP) is 1.50. The first-order valence-corrected chi connectivity index (χ1v) is 4.89. The Morgan fingerprint density at radius 3 is 2.56 bits per heavy atom. The van der Waals surface area contributed by atoms with Gasteiger partial charge in [-0.05, 0) is 11.6 Å². The van der Waals surface area contributed by atoms with Gasteiger partial charge in [-0.1, -0.05) is 18.2 Å². The maximum Gasteiger partial charge on any atom is 0.251 e. The van der Waals surface area contributed by atoms with Gasteiger partial charge in [0.2, 0.25) is 0 Å². The van der Waals surface area contributed by atoms with Crippen molar-refractivity contribution >= 4 is 5.91 Å². The topological polar surface area (TPSA) is 54.9 Å². The van der Waals surface area contributed by atoms with Crippen molar-refractivity contribution in [1.82, 2.24) is 15.3 Å². The second kappa shape index (κ2) is 4.53. The van der Waals surface area contributed by atoms with E-state index in [2.05, 4.69) is 15.3 Å². The number of amides is 1. The van der Waals surface area contributed by atoms with E-state index >= 15 is 0 Å². The summed E-state index contributed by atoms with van der Waals surface area (Å²) in [6, 6.07) is 7.37. The summed E-state index contributed by atoms with van der Waals surface area (Å²) in [4.78, 5) is 19.5. The van der Waals surface area contributed by atoms with Gasteiger partial charge < -0.3 is 5.32 Å². The summed E-state index contributed by atoms with van der Waals surface area (Å²) in [6.45, 7) is 0. The Bertz CT molecular complexity index is 497. The number of carbonyl (C=O) groups is 1. The number of hydrogen-bond donors (Lipinski definition) is 1. The zero-order chi connectivity index (χ0) is 11.4. The van der Waals surface area contributed by atoms with Crippen LogP contribution in [-0.4, -0.2) is 22.9 Å². The van der Waals surface area contributed by atoms with Crippen LogP contribution in [0.5, 0.6) is 0 Å². The van der Waals surface area contributed by atoms with Gasteiger partial charge in [-0.3, -0.25) is 4.79 Å². The second-order valence-electron chi connectivity index (χ2n) is 3.25. The molecule has 1 amide bonds. The maximum absolute atomic E-state index is 11.7. The molecule has 0 bridgehead atoms. The summed E-state index contributed by atoms with van der Waals surface area (Å²) in [5, 5.41) is 2.61. The van der Waals surface area contributed by atoms with Crippen LogP contribution in [0, 0.1) is 0 Å². The number of nitrogens with one attached hydrogen (secondary N) is 1. The number of nitrogens with zero attached hydrogens (tertiary/aromatic N) is 2. The van der Waals surface area contributed by atoms with Crippen LogP contribution < -0.4 is 5.32 Å². The van der Waals surface area contributed by atoms with E-state index in [4.69, 9.17) is 0 Å². The van der Waals surface area contributed by atoms with Crippen LogP contribution in [0.2, 0.25) is 0 Å². The summed E-state index contributed by atoms with van der Waals surface area (Å²) in [7, 11) is 1.61. The summed E-state index contributed by atoms with van der Waals surface area (Å²) in [6.07, 6.45) is 4.84. The average molecular weight is 213 g/mol. The molecule has 2 aromatic rings. The van der Waals surface area contributed by atoms with Crippen LogP contribution >= 0.6 is 0 Å². The van der Waals surface area contributed by atoms with E-state index in [1.807, 2.05) is 18.2 Å². The van der Waals surface area contributed by atoms with Crippen molar-refractivity contribution in [3.63, 3.8) is 0 Å². The lowest BCUT2D eigenvalue weighted by molar-refractivity contribution is 0.0964. The predicted molar refractivity (Wildman–Crippen MR) is 60.9 cm³/mol. The summed E-state index contributed by atoms with van der Waals surface area (Å²) < 4.78 is 0. The molecule has 0 aliphatic rings. The molecule has 0 aliphatic carbocycles. The minimum Gasteiger partial charge on any atom is -0.355 e. The van der Waals surface area contributed by atoms with Gasteiger partial charge in [0.1, 0.15) is 6.33 Å². The minimum absolute atomic E-state index is 0.112. The molecule has 1 aromatic heterocycles. The van der Waals surface area contributed by atoms with E-state index in [-0.39, 0.29) is 5.91 Å². The van der Waals surface area contributed by atoms with Crippen LogP contribution in [-0.2, 0) is 0 Å². The molecule has 0 unspecified atom stereocenters. The standard InChI is InChI=1S/C12H11N3O/c1-13-12(16)11-5-3-2-4-10(11)9-6-14-8-15-7-9/h2-8H,1H3,(H,13,16). The molecule has 1 aromatic carbocycles. The smallest absolute Gasteiger partial charge is 0.251 e. The van der Waals surface area contributed by atoms with Crippen molar-refractivity contribution < 1.29 is 4.79 Å². The van der Waals surface area contributed by atoms with E-state index in [9.17, 15) is 4.79 Å². The fraction of sp³-hybridized carbons (Fsp3) is 0.0833. The minimum atomic E-state index is -0.112. The number of carbonyl (C=O) groups excluding carboxylic acids is 1. The summed E-state index contributed by atoms with van der Waals surface area (Å²) >= 11 is 0. The van der Waals surface area contributed by atoms with Gasteiger partial charge in [-0.2, -0.15) is 0 Å². The Labute approximate surface area is 93.4 Å². The molecule has 0 radical (unpaired) electrons. The normalized spacial score (nSPS) is 9.81. The zero-order valence-electron chi connectivity index (χ0n) is 8.84. The Kier molecular flexibility index (Phi) is 2.91. The molecule has 80 valence electrons. The third-order valence-electron chi connectivity index (χ3n) is 2.27.